The average molecular weight is 329 g/mol. The molecule has 3 heteroatoms. The summed E-state index contributed by atoms with van der Waals surface area (Å²) in [6.07, 6.45) is 1.15. The van der Waals surface area contributed by atoms with Crippen LogP contribution in [-0.2, 0) is 0 Å². The molecule has 0 saturated heterocycles. The molecule has 1 unspecified atom stereocenters. The lowest BCUT2D eigenvalue weighted by Gasteiger charge is -2.34. The van der Waals surface area contributed by atoms with Crippen LogP contribution in [0.15, 0.2) is 65.7 Å². The number of aliphatic imine (C=N–C) groups is 1. The van der Waals surface area contributed by atoms with Crippen molar-refractivity contribution in [3.05, 3.63) is 71.8 Å². The number of halogens is 1. The second kappa shape index (κ2) is 7.65. The molecule has 2 nitrogen and oxygen atoms in total. The predicted molar refractivity (Wildman–Crippen MR) is 101 cm³/mol. The van der Waals surface area contributed by atoms with E-state index in [1.54, 1.807) is 0 Å². The first-order valence-corrected chi connectivity index (χ1v) is 8.10. The quantitative estimate of drug-likeness (QED) is 0.867. The van der Waals surface area contributed by atoms with Crippen LogP contribution in [0.4, 0.5) is 0 Å². The van der Waals surface area contributed by atoms with E-state index in [4.69, 9.17) is 4.99 Å². The molecule has 1 heterocycles. The highest BCUT2D eigenvalue weighted by Gasteiger charge is 2.29. The maximum absolute atomic E-state index is 4.91. The fourth-order valence-electron chi connectivity index (χ4n) is 2.92. The van der Waals surface area contributed by atoms with Gasteiger partial charge in [0, 0.05) is 18.5 Å². The van der Waals surface area contributed by atoms with Gasteiger partial charge in [-0.1, -0.05) is 74.5 Å². The summed E-state index contributed by atoms with van der Waals surface area (Å²) in [6, 6.07) is 21.3. The van der Waals surface area contributed by atoms with Crippen molar-refractivity contribution in [3.63, 3.8) is 0 Å². The zero-order valence-electron chi connectivity index (χ0n) is 13.8. The third-order valence-electron chi connectivity index (χ3n) is 4.72. The van der Waals surface area contributed by atoms with E-state index >= 15 is 0 Å². The largest absolute Gasteiger partial charge is 0.372 e. The molecule has 0 aromatic heterocycles. The number of rotatable bonds is 4. The summed E-state index contributed by atoms with van der Waals surface area (Å²) in [4.78, 5) is 4.91. The Hall–Kier alpha value is -1.80. The fourth-order valence-corrected chi connectivity index (χ4v) is 2.92. The summed E-state index contributed by atoms with van der Waals surface area (Å²) in [5.74, 6) is 1.30. The zero-order chi connectivity index (χ0) is 15.4. The van der Waals surface area contributed by atoms with Crippen molar-refractivity contribution >= 4 is 18.2 Å². The topological polar surface area (TPSA) is 24.4 Å². The molecule has 1 atom stereocenters. The van der Waals surface area contributed by atoms with Crippen LogP contribution in [-0.4, -0.2) is 18.9 Å². The first-order chi connectivity index (χ1) is 10.7. The first kappa shape index (κ1) is 17.6. The second-order valence-electron chi connectivity index (χ2n) is 6.47. The standard InChI is InChI=1S/C20H24N2.ClH/c1-3-20(2)14-21-19(22-15-20)18(16-10-6-4-7-11-16)17-12-8-5-9-13-17;/h4-13,18H,3,14-15H2,1-2H3,(H,21,22);1H. The molecule has 1 N–H and O–H groups in total. The Labute approximate surface area is 145 Å². The van der Waals surface area contributed by atoms with Crippen LogP contribution in [0, 0.1) is 5.41 Å². The first-order valence-electron chi connectivity index (χ1n) is 8.10. The lowest BCUT2D eigenvalue weighted by Crippen LogP contribution is -2.44. The van der Waals surface area contributed by atoms with Gasteiger partial charge in [0.05, 0.1) is 5.92 Å². The van der Waals surface area contributed by atoms with E-state index in [-0.39, 0.29) is 23.7 Å². The van der Waals surface area contributed by atoms with Crippen LogP contribution >= 0.6 is 12.4 Å². The lowest BCUT2D eigenvalue weighted by atomic mass is 9.84. The molecule has 0 aliphatic carbocycles. The van der Waals surface area contributed by atoms with E-state index in [1.807, 2.05) is 0 Å². The van der Waals surface area contributed by atoms with Crippen LogP contribution in [0.5, 0.6) is 0 Å². The second-order valence-corrected chi connectivity index (χ2v) is 6.47. The van der Waals surface area contributed by atoms with E-state index in [9.17, 15) is 0 Å². The number of hydrogen-bond acceptors (Lipinski definition) is 2. The predicted octanol–water partition coefficient (Wildman–Crippen LogP) is 4.66. The Balaban J connectivity index is 0.00000192. The molecule has 0 spiro atoms. The van der Waals surface area contributed by atoms with Gasteiger partial charge in [-0.05, 0) is 17.5 Å². The smallest absolute Gasteiger partial charge is 0.108 e. The van der Waals surface area contributed by atoms with Crippen molar-refractivity contribution in [1.82, 2.24) is 5.32 Å². The minimum atomic E-state index is 0. The molecule has 2 aromatic carbocycles. The summed E-state index contributed by atoms with van der Waals surface area (Å²) in [5, 5.41) is 3.61. The van der Waals surface area contributed by atoms with Crippen molar-refractivity contribution < 1.29 is 0 Å². The zero-order valence-corrected chi connectivity index (χ0v) is 14.6. The molecule has 0 fully saturated rings. The van der Waals surface area contributed by atoms with Gasteiger partial charge in [-0.25, -0.2) is 0 Å². The van der Waals surface area contributed by atoms with Crippen LogP contribution in [0.2, 0.25) is 0 Å². The number of nitrogens with zero attached hydrogens (tertiary/aromatic N) is 1. The van der Waals surface area contributed by atoms with Crippen molar-refractivity contribution in [2.45, 2.75) is 26.2 Å². The highest BCUT2D eigenvalue weighted by Crippen LogP contribution is 2.30. The van der Waals surface area contributed by atoms with Gasteiger partial charge in [-0.15, -0.1) is 12.4 Å². The number of hydrogen-bond donors (Lipinski definition) is 1. The van der Waals surface area contributed by atoms with Crippen molar-refractivity contribution in [2.24, 2.45) is 10.4 Å². The normalized spacial score (nSPS) is 20.4. The van der Waals surface area contributed by atoms with Gasteiger partial charge in [0.15, 0.2) is 0 Å². The molecule has 3 rings (SSSR count). The number of nitrogens with one attached hydrogen (secondary N) is 1. The summed E-state index contributed by atoms with van der Waals surface area (Å²) in [6.45, 7) is 6.45. The molecule has 1 aliphatic rings. The van der Waals surface area contributed by atoms with Gasteiger partial charge < -0.3 is 5.32 Å². The maximum Gasteiger partial charge on any atom is 0.108 e. The van der Waals surface area contributed by atoms with Crippen LogP contribution in [0.1, 0.15) is 37.3 Å². The molecule has 0 bridgehead atoms. The van der Waals surface area contributed by atoms with E-state index in [1.165, 1.54) is 11.1 Å². The van der Waals surface area contributed by atoms with E-state index < -0.39 is 0 Å². The molecule has 0 saturated carbocycles. The van der Waals surface area contributed by atoms with Crippen LogP contribution in [0.3, 0.4) is 0 Å². The van der Waals surface area contributed by atoms with Crippen molar-refractivity contribution in [1.29, 1.82) is 0 Å². The average Bonchev–Trinajstić information content (AvgIpc) is 2.59. The SMILES string of the molecule is CCC1(C)CN=C(C(c2ccccc2)c2ccccc2)NC1.Cl. The summed E-state index contributed by atoms with van der Waals surface area (Å²) >= 11 is 0. The Morgan fingerprint density at radius 3 is 1.91 bits per heavy atom. The minimum Gasteiger partial charge on any atom is -0.372 e. The molecular formula is C20H25ClN2. The van der Waals surface area contributed by atoms with Crippen LogP contribution in [0.25, 0.3) is 0 Å². The summed E-state index contributed by atoms with van der Waals surface area (Å²) in [7, 11) is 0. The molecule has 0 amide bonds. The van der Waals surface area contributed by atoms with E-state index in [2.05, 4.69) is 79.8 Å². The maximum atomic E-state index is 4.91. The molecule has 2 aromatic rings. The van der Waals surface area contributed by atoms with Gasteiger partial charge in [-0.2, -0.15) is 0 Å². The molecular weight excluding hydrogens is 304 g/mol. The molecule has 1 aliphatic heterocycles. The van der Waals surface area contributed by atoms with Gasteiger partial charge in [0.1, 0.15) is 5.84 Å². The third-order valence-corrected chi connectivity index (χ3v) is 4.72. The lowest BCUT2D eigenvalue weighted by molar-refractivity contribution is 0.308. The Morgan fingerprint density at radius 1 is 1.00 bits per heavy atom. The Morgan fingerprint density at radius 2 is 1.52 bits per heavy atom. The summed E-state index contributed by atoms with van der Waals surface area (Å²) in [5.41, 5.74) is 2.86. The minimum absolute atomic E-state index is 0. The van der Waals surface area contributed by atoms with Gasteiger partial charge in [0.2, 0.25) is 0 Å². The van der Waals surface area contributed by atoms with Crippen molar-refractivity contribution in [3.8, 4) is 0 Å². The summed E-state index contributed by atoms with van der Waals surface area (Å²) < 4.78 is 0. The van der Waals surface area contributed by atoms with Crippen LogP contribution < -0.4 is 5.32 Å². The number of amidine groups is 1. The molecule has 0 radical (unpaired) electrons. The molecule has 23 heavy (non-hydrogen) atoms. The number of benzene rings is 2. The van der Waals surface area contributed by atoms with Gasteiger partial charge in [-0.3, -0.25) is 4.99 Å². The third kappa shape index (κ3) is 3.94. The molecule has 122 valence electrons. The van der Waals surface area contributed by atoms with E-state index in [0.29, 0.717) is 0 Å². The van der Waals surface area contributed by atoms with Gasteiger partial charge >= 0.3 is 0 Å². The van der Waals surface area contributed by atoms with Gasteiger partial charge in [0.25, 0.3) is 0 Å². The highest BCUT2D eigenvalue weighted by molar-refractivity contribution is 5.92. The van der Waals surface area contributed by atoms with E-state index in [0.717, 1.165) is 25.3 Å². The Kier molecular flexibility index (Phi) is 5.84. The monoisotopic (exact) mass is 328 g/mol. The fraction of sp³-hybridized carbons (Fsp3) is 0.350. The van der Waals surface area contributed by atoms with Crippen molar-refractivity contribution in [2.75, 3.05) is 13.1 Å². The Bertz CT molecular complexity index is 600. The highest BCUT2D eigenvalue weighted by atomic mass is 35.5.